The van der Waals surface area contributed by atoms with Crippen molar-refractivity contribution in [2.45, 2.75) is 26.7 Å². The summed E-state index contributed by atoms with van der Waals surface area (Å²) >= 11 is 2.17. The fourth-order valence-corrected chi connectivity index (χ4v) is 3.32. The van der Waals surface area contributed by atoms with Crippen molar-refractivity contribution in [2.24, 2.45) is 5.10 Å². The van der Waals surface area contributed by atoms with Crippen LogP contribution in [0.15, 0.2) is 41.5 Å². The molecule has 0 spiro atoms. The largest absolute Gasteiger partial charge is 0.490 e. The maximum Gasteiger partial charge on any atom is 0.254 e. The Morgan fingerprint density at radius 3 is 2.68 bits per heavy atom. The summed E-state index contributed by atoms with van der Waals surface area (Å²) in [6, 6.07) is 9.32. The van der Waals surface area contributed by atoms with Crippen LogP contribution in [0.25, 0.3) is 0 Å². The lowest BCUT2D eigenvalue weighted by Gasteiger charge is -2.14. The van der Waals surface area contributed by atoms with E-state index in [9.17, 15) is 14.0 Å². The van der Waals surface area contributed by atoms with Crippen molar-refractivity contribution in [3.05, 3.63) is 56.9 Å². The van der Waals surface area contributed by atoms with E-state index in [-0.39, 0.29) is 24.4 Å². The van der Waals surface area contributed by atoms with Gasteiger partial charge in [-0.15, -0.1) is 0 Å². The third-order valence-corrected chi connectivity index (χ3v) is 4.74. The Labute approximate surface area is 194 Å². The number of nitrogens with one attached hydrogen (secondary N) is 2. The van der Waals surface area contributed by atoms with Crippen LogP contribution in [0.2, 0.25) is 0 Å². The monoisotopic (exact) mass is 541 g/mol. The number of ether oxygens (including phenoxy) is 2. The molecule has 2 amide bonds. The van der Waals surface area contributed by atoms with E-state index in [2.05, 4.69) is 38.4 Å². The highest BCUT2D eigenvalue weighted by Crippen LogP contribution is 2.34. The standard InChI is InChI=1S/C22H25FIN3O4/c1-3-11-31-21-18(24)12-15(13-19(21)30-4-2)14-26-27-20(28)9-10-25-22(29)16-7-5-6-8-17(16)23/h5-8,12-14H,3-4,9-11H2,1-2H3,(H,25,29)(H,27,28). The fraction of sp³-hybridized carbons (Fsp3) is 0.318. The van der Waals surface area contributed by atoms with E-state index in [4.69, 9.17) is 9.47 Å². The first kappa shape index (κ1) is 24.6. The number of nitrogens with zero attached hydrogens (tertiary/aromatic N) is 1. The molecule has 0 fully saturated rings. The molecule has 0 atom stereocenters. The molecule has 0 bridgehead atoms. The van der Waals surface area contributed by atoms with E-state index in [1.165, 1.54) is 24.4 Å². The van der Waals surface area contributed by atoms with Crippen LogP contribution in [0.4, 0.5) is 4.39 Å². The summed E-state index contributed by atoms with van der Waals surface area (Å²) in [5.41, 5.74) is 3.08. The average molecular weight is 541 g/mol. The zero-order valence-electron chi connectivity index (χ0n) is 17.4. The van der Waals surface area contributed by atoms with Gasteiger partial charge >= 0.3 is 0 Å². The number of carbonyl (C=O) groups is 2. The molecule has 0 unspecified atom stereocenters. The lowest BCUT2D eigenvalue weighted by molar-refractivity contribution is -0.120. The lowest BCUT2D eigenvalue weighted by atomic mass is 10.2. The number of hydrogen-bond acceptors (Lipinski definition) is 5. The second kappa shape index (κ2) is 12.9. The lowest BCUT2D eigenvalue weighted by Crippen LogP contribution is -2.29. The van der Waals surface area contributed by atoms with Gasteiger partial charge in [0.25, 0.3) is 5.91 Å². The van der Waals surface area contributed by atoms with Gasteiger partial charge in [-0.2, -0.15) is 5.10 Å². The molecule has 2 aromatic rings. The fourth-order valence-electron chi connectivity index (χ4n) is 2.53. The maximum atomic E-state index is 13.6. The van der Waals surface area contributed by atoms with E-state index in [0.717, 1.165) is 15.6 Å². The third kappa shape index (κ3) is 7.82. The molecule has 0 saturated carbocycles. The Morgan fingerprint density at radius 1 is 1.19 bits per heavy atom. The summed E-state index contributed by atoms with van der Waals surface area (Å²) in [5, 5.41) is 6.46. The smallest absolute Gasteiger partial charge is 0.254 e. The molecular weight excluding hydrogens is 516 g/mol. The Kier molecular flexibility index (Phi) is 10.2. The highest BCUT2D eigenvalue weighted by atomic mass is 127. The van der Waals surface area contributed by atoms with Gasteiger partial charge in [0.2, 0.25) is 5.91 Å². The maximum absolute atomic E-state index is 13.6. The Morgan fingerprint density at radius 2 is 1.97 bits per heavy atom. The van der Waals surface area contributed by atoms with Gasteiger partial charge in [-0.05, 0) is 65.8 Å². The van der Waals surface area contributed by atoms with Crippen LogP contribution in [-0.2, 0) is 4.79 Å². The van der Waals surface area contributed by atoms with E-state index in [0.29, 0.717) is 24.7 Å². The van der Waals surface area contributed by atoms with E-state index >= 15 is 0 Å². The van der Waals surface area contributed by atoms with Gasteiger partial charge in [0, 0.05) is 13.0 Å². The SMILES string of the molecule is CCCOc1c(I)cc(C=NNC(=O)CCNC(=O)c2ccccc2F)cc1OCC. The minimum atomic E-state index is -0.610. The number of rotatable bonds is 11. The van der Waals surface area contributed by atoms with Crippen LogP contribution in [0, 0.1) is 9.39 Å². The van der Waals surface area contributed by atoms with Gasteiger partial charge in [0.1, 0.15) is 5.82 Å². The molecule has 0 aliphatic rings. The van der Waals surface area contributed by atoms with Crippen LogP contribution >= 0.6 is 22.6 Å². The molecule has 31 heavy (non-hydrogen) atoms. The molecule has 0 heterocycles. The van der Waals surface area contributed by atoms with Gasteiger partial charge in [-0.3, -0.25) is 9.59 Å². The van der Waals surface area contributed by atoms with Crippen LogP contribution in [-0.4, -0.2) is 37.8 Å². The number of carbonyl (C=O) groups excluding carboxylic acids is 2. The van der Waals surface area contributed by atoms with Gasteiger partial charge < -0.3 is 14.8 Å². The first-order valence-corrected chi connectivity index (χ1v) is 11.0. The summed E-state index contributed by atoms with van der Waals surface area (Å²) in [7, 11) is 0. The summed E-state index contributed by atoms with van der Waals surface area (Å²) in [5.74, 6) is -0.255. The highest BCUT2D eigenvalue weighted by Gasteiger charge is 2.12. The number of hydrogen-bond donors (Lipinski definition) is 2. The predicted molar refractivity (Wildman–Crippen MR) is 125 cm³/mol. The summed E-state index contributed by atoms with van der Waals surface area (Å²) in [6.45, 7) is 5.07. The molecular formula is C22H25FIN3O4. The molecule has 9 heteroatoms. The normalized spacial score (nSPS) is 10.7. The molecule has 2 aromatic carbocycles. The quantitative estimate of drug-likeness (QED) is 0.257. The zero-order valence-corrected chi connectivity index (χ0v) is 19.6. The van der Waals surface area contributed by atoms with Crippen LogP contribution in [0.3, 0.4) is 0 Å². The van der Waals surface area contributed by atoms with Crippen molar-refractivity contribution in [1.82, 2.24) is 10.7 Å². The molecule has 0 saturated heterocycles. The molecule has 7 nitrogen and oxygen atoms in total. The van der Waals surface area contributed by atoms with E-state index in [1.54, 1.807) is 12.1 Å². The molecule has 0 radical (unpaired) electrons. The van der Waals surface area contributed by atoms with Crippen LogP contribution in [0.5, 0.6) is 11.5 Å². The Bertz CT molecular complexity index is 937. The average Bonchev–Trinajstić information content (AvgIpc) is 2.73. The summed E-state index contributed by atoms with van der Waals surface area (Å²) < 4.78 is 25.9. The molecule has 0 aliphatic heterocycles. The topological polar surface area (TPSA) is 89.0 Å². The van der Waals surface area contributed by atoms with Crippen molar-refractivity contribution >= 4 is 40.6 Å². The van der Waals surface area contributed by atoms with Gasteiger partial charge in [-0.25, -0.2) is 9.82 Å². The van der Waals surface area contributed by atoms with Gasteiger partial charge in [0.15, 0.2) is 11.5 Å². The van der Waals surface area contributed by atoms with Crippen molar-refractivity contribution in [1.29, 1.82) is 0 Å². The van der Waals surface area contributed by atoms with E-state index < -0.39 is 11.7 Å². The molecule has 2 rings (SSSR count). The summed E-state index contributed by atoms with van der Waals surface area (Å²) in [4.78, 5) is 23.9. The van der Waals surface area contributed by atoms with Gasteiger partial charge in [-0.1, -0.05) is 19.1 Å². The zero-order chi connectivity index (χ0) is 22.6. The van der Waals surface area contributed by atoms with Crippen LogP contribution < -0.4 is 20.2 Å². The molecule has 0 aromatic heterocycles. The summed E-state index contributed by atoms with van der Waals surface area (Å²) in [6.07, 6.45) is 2.39. The molecule has 2 N–H and O–H groups in total. The molecule has 0 aliphatic carbocycles. The van der Waals surface area contributed by atoms with Crippen LogP contribution in [0.1, 0.15) is 42.6 Å². The predicted octanol–water partition coefficient (Wildman–Crippen LogP) is 3.89. The van der Waals surface area contributed by atoms with Crippen molar-refractivity contribution in [3.63, 3.8) is 0 Å². The van der Waals surface area contributed by atoms with Gasteiger partial charge in [0.05, 0.1) is 28.6 Å². The number of halogens is 2. The highest BCUT2D eigenvalue weighted by molar-refractivity contribution is 14.1. The Balaban J connectivity index is 1.87. The number of hydrazone groups is 1. The first-order chi connectivity index (χ1) is 15.0. The second-order valence-electron chi connectivity index (χ2n) is 6.39. The third-order valence-electron chi connectivity index (χ3n) is 3.94. The van der Waals surface area contributed by atoms with E-state index in [1.807, 2.05) is 19.9 Å². The van der Waals surface area contributed by atoms with Crippen molar-refractivity contribution in [2.75, 3.05) is 19.8 Å². The first-order valence-electron chi connectivity index (χ1n) is 9.90. The minimum Gasteiger partial charge on any atom is -0.490 e. The molecule has 166 valence electrons. The minimum absolute atomic E-state index is 0.00303. The Hall–Kier alpha value is -2.69. The van der Waals surface area contributed by atoms with Crippen molar-refractivity contribution < 1.29 is 23.5 Å². The number of benzene rings is 2. The second-order valence-corrected chi connectivity index (χ2v) is 7.55. The number of amides is 2. The van der Waals surface area contributed by atoms with Crippen molar-refractivity contribution in [3.8, 4) is 11.5 Å².